The molecular formula is C20H17N9O. The normalized spacial score (nSPS) is 11.1. The largest absolute Gasteiger partial charge is 0.313 e. The van der Waals surface area contributed by atoms with Crippen molar-refractivity contribution in [2.45, 2.75) is 6.67 Å². The van der Waals surface area contributed by atoms with E-state index in [-0.39, 0.29) is 18.3 Å². The average molecular weight is 399 g/mol. The molecule has 3 aromatic heterocycles. The van der Waals surface area contributed by atoms with Crippen LogP contribution in [0, 0.1) is 0 Å². The fourth-order valence-corrected chi connectivity index (χ4v) is 3.12. The second-order valence-corrected chi connectivity index (χ2v) is 6.67. The van der Waals surface area contributed by atoms with Crippen molar-refractivity contribution in [2.75, 3.05) is 5.32 Å². The lowest BCUT2D eigenvalue weighted by atomic mass is 10.2. The van der Waals surface area contributed by atoms with E-state index in [9.17, 15) is 4.79 Å². The Bertz CT molecular complexity index is 1330. The maximum absolute atomic E-state index is 12.6. The molecule has 0 aliphatic rings. The number of nitrogens with one attached hydrogen (secondary N) is 1. The predicted octanol–water partition coefficient (Wildman–Crippen LogP) is 2.18. The highest BCUT2D eigenvalue weighted by Gasteiger charge is 2.15. The number of benzene rings is 2. The first-order valence-electron chi connectivity index (χ1n) is 9.27. The van der Waals surface area contributed by atoms with E-state index in [0.717, 1.165) is 16.6 Å². The van der Waals surface area contributed by atoms with Gasteiger partial charge in [0.2, 0.25) is 11.8 Å². The molecule has 0 spiro atoms. The van der Waals surface area contributed by atoms with Crippen LogP contribution >= 0.6 is 0 Å². The molecule has 0 bridgehead atoms. The Labute approximate surface area is 170 Å². The van der Waals surface area contributed by atoms with Gasteiger partial charge in [0.25, 0.3) is 5.91 Å². The van der Waals surface area contributed by atoms with E-state index >= 15 is 0 Å². The zero-order valence-electron chi connectivity index (χ0n) is 16.0. The maximum atomic E-state index is 12.6. The molecule has 0 aliphatic carbocycles. The molecule has 0 atom stereocenters. The van der Waals surface area contributed by atoms with E-state index in [2.05, 4.69) is 30.8 Å². The molecule has 3 heterocycles. The summed E-state index contributed by atoms with van der Waals surface area (Å²) in [5.74, 6) is 0.646. The van der Waals surface area contributed by atoms with Crippen molar-refractivity contribution in [3.8, 4) is 11.4 Å². The third kappa shape index (κ3) is 3.30. The molecule has 0 aliphatic heterocycles. The predicted molar refractivity (Wildman–Crippen MR) is 110 cm³/mol. The molecule has 5 aromatic rings. The van der Waals surface area contributed by atoms with Crippen LogP contribution < -0.4 is 5.32 Å². The third-order valence-corrected chi connectivity index (χ3v) is 4.64. The lowest BCUT2D eigenvalue weighted by Gasteiger charge is -2.03. The van der Waals surface area contributed by atoms with E-state index < -0.39 is 0 Å². The van der Waals surface area contributed by atoms with Gasteiger partial charge in [0.15, 0.2) is 12.4 Å². The van der Waals surface area contributed by atoms with Gasteiger partial charge < -0.3 is 4.57 Å². The number of fused-ring (bicyclic) bond motifs is 1. The van der Waals surface area contributed by atoms with Gasteiger partial charge in [0.05, 0.1) is 11.0 Å². The monoisotopic (exact) mass is 399 g/mol. The number of aromatic nitrogens is 8. The highest BCUT2D eigenvalue weighted by atomic mass is 16.2. The zero-order valence-corrected chi connectivity index (χ0v) is 16.0. The number of carbonyl (C=O) groups excluding carboxylic acids is 1. The van der Waals surface area contributed by atoms with Gasteiger partial charge in [0, 0.05) is 18.8 Å². The molecule has 0 radical (unpaired) electrons. The molecule has 2 aromatic carbocycles. The van der Waals surface area contributed by atoms with Crippen molar-refractivity contribution in [1.29, 1.82) is 0 Å². The Morgan fingerprint density at radius 1 is 1.00 bits per heavy atom. The topological polar surface area (TPSA) is 108 Å². The first-order chi connectivity index (χ1) is 14.7. The minimum absolute atomic E-state index is 0.236. The molecule has 0 unspecified atom stereocenters. The minimum atomic E-state index is -0.344. The fourth-order valence-electron chi connectivity index (χ4n) is 3.12. The lowest BCUT2D eigenvalue weighted by molar-refractivity contribution is 0.102. The molecule has 10 heteroatoms. The molecule has 148 valence electrons. The van der Waals surface area contributed by atoms with Crippen LogP contribution in [0.3, 0.4) is 0 Å². The summed E-state index contributed by atoms with van der Waals surface area (Å²) in [6.45, 7) is 0.236. The van der Waals surface area contributed by atoms with E-state index in [1.807, 2.05) is 66.2 Å². The number of amides is 1. The van der Waals surface area contributed by atoms with Crippen LogP contribution in [0.5, 0.6) is 0 Å². The first-order valence-corrected chi connectivity index (χ1v) is 9.27. The quantitative estimate of drug-likeness (QED) is 0.485. The molecule has 1 amide bonds. The van der Waals surface area contributed by atoms with E-state index in [1.165, 1.54) is 4.80 Å². The summed E-state index contributed by atoms with van der Waals surface area (Å²) in [5, 5.41) is 19.6. The number of carbonyl (C=O) groups is 1. The van der Waals surface area contributed by atoms with Crippen LogP contribution in [0.15, 0.2) is 66.9 Å². The summed E-state index contributed by atoms with van der Waals surface area (Å²) in [5.41, 5.74) is 2.90. The lowest BCUT2D eigenvalue weighted by Crippen LogP contribution is -2.17. The Kier molecular flexibility index (Phi) is 4.28. The fraction of sp³-hybridized carbons (Fsp3) is 0.100. The number of anilines is 1. The van der Waals surface area contributed by atoms with Crippen LogP contribution in [0.25, 0.3) is 22.4 Å². The van der Waals surface area contributed by atoms with Crippen LogP contribution in [0.1, 0.15) is 10.5 Å². The molecule has 0 saturated heterocycles. The smallest absolute Gasteiger partial charge is 0.278 e. The average Bonchev–Trinajstić information content (AvgIpc) is 3.50. The van der Waals surface area contributed by atoms with Crippen LogP contribution in [-0.4, -0.2) is 45.4 Å². The Morgan fingerprint density at radius 3 is 2.63 bits per heavy atom. The molecule has 0 saturated carbocycles. The Morgan fingerprint density at radius 2 is 1.80 bits per heavy atom. The summed E-state index contributed by atoms with van der Waals surface area (Å²) >= 11 is 0. The molecular weight excluding hydrogens is 382 g/mol. The van der Waals surface area contributed by atoms with Crippen molar-refractivity contribution < 1.29 is 4.79 Å². The summed E-state index contributed by atoms with van der Waals surface area (Å²) in [4.78, 5) is 18.5. The van der Waals surface area contributed by atoms with Gasteiger partial charge in [-0.1, -0.05) is 42.5 Å². The van der Waals surface area contributed by atoms with Crippen molar-refractivity contribution in [2.24, 2.45) is 7.05 Å². The van der Waals surface area contributed by atoms with Crippen molar-refractivity contribution >= 4 is 22.9 Å². The van der Waals surface area contributed by atoms with Crippen molar-refractivity contribution in [3.05, 3.63) is 72.6 Å². The van der Waals surface area contributed by atoms with Gasteiger partial charge in [-0.05, 0) is 23.4 Å². The summed E-state index contributed by atoms with van der Waals surface area (Å²) in [6.07, 6.45) is 1.69. The SMILES string of the molecule is Cn1c(NC(=O)c2ccn(Cn3nnc(-c4ccccc4)n3)n2)nc2ccccc21. The van der Waals surface area contributed by atoms with Gasteiger partial charge in [-0.15, -0.1) is 15.0 Å². The summed E-state index contributed by atoms with van der Waals surface area (Å²) in [6, 6.07) is 18.9. The zero-order chi connectivity index (χ0) is 20.5. The number of tetrazole rings is 1. The molecule has 0 fully saturated rings. The Balaban J connectivity index is 1.30. The Hall–Kier alpha value is -4.34. The number of hydrogen-bond donors (Lipinski definition) is 1. The van der Waals surface area contributed by atoms with E-state index in [0.29, 0.717) is 11.8 Å². The van der Waals surface area contributed by atoms with E-state index in [1.54, 1.807) is 16.9 Å². The molecule has 10 nitrogen and oxygen atoms in total. The number of aryl methyl sites for hydroxylation is 1. The highest BCUT2D eigenvalue weighted by Crippen LogP contribution is 2.18. The number of nitrogens with zero attached hydrogens (tertiary/aromatic N) is 8. The number of rotatable bonds is 5. The van der Waals surface area contributed by atoms with Gasteiger partial charge >= 0.3 is 0 Å². The van der Waals surface area contributed by atoms with Gasteiger partial charge in [-0.2, -0.15) is 5.10 Å². The number of hydrogen-bond acceptors (Lipinski definition) is 6. The minimum Gasteiger partial charge on any atom is -0.313 e. The summed E-state index contributed by atoms with van der Waals surface area (Å²) in [7, 11) is 1.85. The molecule has 30 heavy (non-hydrogen) atoms. The summed E-state index contributed by atoms with van der Waals surface area (Å²) < 4.78 is 3.40. The van der Waals surface area contributed by atoms with Crippen LogP contribution in [-0.2, 0) is 13.7 Å². The van der Waals surface area contributed by atoms with E-state index in [4.69, 9.17) is 0 Å². The maximum Gasteiger partial charge on any atom is 0.278 e. The number of imidazole rings is 1. The van der Waals surface area contributed by atoms with Crippen molar-refractivity contribution in [3.63, 3.8) is 0 Å². The highest BCUT2D eigenvalue weighted by molar-refractivity contribution is 6.02. The third-order valence-electron chi connectivity index (χ3n) is 4.64. The number of para-hydroxylation sites is 2. The van der Waals surface area contributed by atoms with Gasteiger partial charge in [0.1, 0.15) is 0 Å². The second kappa shape index (κ2) is 7.24. The standard InChI is InChI=1S/C20H17N9O/c1-27-17-10-6-5-9-15(17)21-20(27)22-19(30)16-11-12-28(24-16)13-29-25-18(23-26-29)14-7-3-2-4-8-14/h2-12H,13H2,1H3,(H,21,22,30). The first kappa shape index (κ1) is 17.7. The second-order valence-electron chi connectivity index (χ2n) is 6.67. The molecule has 5 rings (SSSR count). The molecule has 1 N–H and O–H groups in total. The van der Waals surface area contributed by atoms with Gasteiger partial charge in [-0.3, -0.25) is 10.1 Å². The van der Waals surface area contributed by atoms with Crippen LogP contribution in [0.4, 0.5) is 5.95 Å². The van der Waals surface area contributed by atoms with Gasteiger partial charge in [-0.25, -0.2) is 9.67 Å². The van der Waals surface area contributed by atoms with Crippen molar-refractivity contribution in [1.82, 2.24) is 39.5 Å². The van der Waals surface area contributed by atoms with Crippen LogP contribution in [0.2, 0.25) is 0 Å².